The topological polar surface area (TPSA) is 84.2 Å². The fourth-order valence-electron chi connectivity index (χ4n) is 2.56. The number of carbonyl (C=O) groups is 2. The average molecular weight is 315 g/mol. The molecule has 0 aliphatic carbocycles. The first-order chi connectivity index (χ1) is 10.8. The number of hydrogen-bond acceptors (Lipinski definition) is 3. The van der Waals surface area contributed by atoms with Crippen molar-refractivity contribution in [3.05, 3.63) is 46.8 Å². The molecule has 0 saturated carbocycles. The molecule has 0 radical (unpaired) electrons. The van der Waals surface area contributed by atoms with E-state index in [-0.39, 0.29) is 5.91 Å². The molecule has 2 rings (SSSR count). The number of carboxylic acid groups (broad SMARTS) is 1. The molecule has 1 heterocycles. The van der Waals surface area contributed by atoms with E-state index in [2.05, 4.69) is 10.4 Å². The number of carboxylic acids is 1. The second-order valence-corrected chi connectivity index (χ2v) is 5.50. The van der Waals surface area contributed by atoms with Gasteiger partial charge < -0.3 is 10.4 Å². The molecule has 2 N–H and O–H groups in total. The number of nitrogens with one attached hydrogen (secondary N) is 1. The van der Waals surface area contributed by atoms with E-state index in [9.17, 15) is 9.59 Å². The second-order valence-electron chi connectivity index (χ2n) is 5.50. The van der Waals surface area contributed by atoms with Gasteiger partial charge in [-0.1, -0.05) is 12.1 Å². The summed E-state index contributed by atoms with van der Waals surface area (Å²) in [6.45, 7) is 7.95. The molecule has 0 aliphatic rings. The zero-order chi connectivity index (χ0) is 17.1. The standard InChI is InChI=1S/C17H21N3O3/c1-5-20-12(4)15(11(3)19-20)16(21)18-14-8-6-7-13(9-14)10(2)17(22)23/h6-10H,5H2,1-4H3,(H,18,21)(H,22,23). The smallest absolute Gasteiger partial charge is 0.310 e. The summed E-state index contributed by atoms with van der Waals surface area (Å²) in [7, 11) is 0. The molecule has 6 nitrogen and oxygen atoms in total. The number of aryl methyl sites for hydroxylation is 2. The van der Waals surface area contributed by atoms with Crippen LogP contribution < -0.4 is 5.32 Å². The summed E-state index contributed by atoms with van der Waals surface area (Å²) >= 11 is 0. The number of anilines is 1. The van der Waals surface area contributed by atoms with E-state index in [0.717, 1.165) is 5.69 Å². The fourth-order valence-corrected chi connectivity index (χ4v) is 2.56. The monoisotopic (exact) mass is 315 g/mol. The maximum absolute atomic E-state index is 12.5. The zero-order valence-electron chi connectivity index (χ0n) is 13.8. The minimum atomic E-state index is -0.899. The first kappa shape index (κ1) is 16.7. The molecule has 2 aromatic rings. The van der Waals surface area contributed by atoms with Crippen molar-refractivity contribution in [2.45, 2.75) is 40.2 Å². The molecule has 1 aromatic heterocycles. The van der Waals surface area contributed by atoms with Gasteiger partial charge in [0.05, 0.1) is 17.2 Å². The minimum absolute atomic E-state index is 0.236. The lowest BCUT2D eigenvalue weighted by Gasteiger charge is -2.10. The Bertz CT molecular complexity index is 750. The van der Waals surface area contributed by atoms with Gasteiger partial charge in [-0.2, -0.15) is 5.10 Å². The van der Waals surface area contributed by atoms with Gasteiger partial charge in [0.2, 0.25) is 0 Å². The molecule has 0 aliphatic heterocycles. The largest absolute Gasteiger partial charge is 0.481 e. The highest BCUT2D eigenvalue weighted by atomic mass is 16.4. The van der Waals surface area contributed by atoms with Crippen molar-refractivity contribution < 1.29 is 14.7 Å². The van der Waals surface area contributed by atoms with Crippen molar-refractivity contribution in [1.29, 1.82) is 0 Å². The number of aromatic nitrogens is 2. The Morgan fingerprint density at radius 1 is 1.35 bits per heavy atom. The molecule has 1 atom stereocenters. The van der Waals surface area contributed by atoms with Crippen LogP contribution >= 0.6 is 0 Å². The molecule has 122 valence electrons. The number of benzene rings is 1. The maximum Gasteiger partial charge on any atom is 0.310 e. The number of carbonyl (C=O) groups excluding carboxylic acids is 1. The Hall–Kier alpha value is -2.63. The van der Waals surface area contributed by atoms with Gasteiger partial charge in [-0.05, 0) is 45.4 Å². The van der Waals surface area contributed by atoms with Crippen molar-refractivity contribution in [1.82, 2.24) is 9.78 Å². The first-order valence-electron chi connectivity index (χ1n) is 7.53. The van der Waals surface area contributed by atoms with Crippen molar-refractivity contribution in [3.63, 3.8) is 0 Å². The highest BCUT2D eigenvalue weighted by Gasteiger charge is 2.19. The highest BCUT2D eigenvalue weighted by Crippen LogP contribution is 2.21. The normalized spacial score (nSPS) is 12.0. The quantitative estimate of drug-likeness (QED) is 0.888. The number of hydrogen-bond donors (Lipinski definition) is 2. The molecule has 6 heteroatoms. The van der Waals surface area contributed by atoms with Gasteiger partial charge >= 0.3 is 5.97 Å². The summed E-state index contributed by atoms with van der Waals surface area (Å²) in [4.78, 5) is 23.6. The highest BCUT2D eigenvalue weighted by molar-refractivity contribution is 6.05. The second kappa shape index (κ2) is 6.64. The van der Waals surface area contributed by atoms with Crippen LogP contribution in [-0.2, 0) is 11.3 Å². The molecule has 23 heavy (non-hydrogen) atoms. The molecule has 0 saturated heterocycles. The molecule has 1 aromatic carbocycles. The van der Waals surface area contributed by atoms with Crippen LogP contribution in [-0.4, -0.2) is 26.8 Å². The van der Waals surface area contributed by atoms with E-state index in [4.69, 9.17) is 5.11 Å². The third kappa shape index (κ3) is 3.41. The third-order valence-electron chi connectivity index (χ3n) is 3.92. The lowest BCUT2D eigenvalue weighted by molar-refractivity contribution is -0.138. The van der Waals surface area contributed by atoms with E-state index in [1.54, 1.807) is 42.8 Å². The lowest BCUT2D eigenvalue weighted by Crippen LogP contribution is -2.15. The minimum Gasteiger partial charge on any atom is -0.481 e. The van der Waals surface area contributed by atoms with Crippen LogP contribution in [0.3, 0.4) is 0 Å². The Morgan fingerprint density at radius 3 is 2.61 bits per heavy atom. The van der Waals surface area contributed by atoms with Gasteiger partial charge in [-0.15, -0.1) is 0 Å². The van der Waals surface area contributed by atoms with E-state index in [1.807, 2.05) is 13.8 Å². The van der Waals surface area contributed by atoms with Gasteiger partial charge in [0.25, 0.3) is 5.91 Å². The molecule has 0 bridgehead atoms. The Morgan fingerprint density at radius 2 is 2.04 bits per heavy atom. The summed E-state index contributed by atoms with van der Waals surface area (Å²) in [5.74, 6) is -1.76. The predicted molar refractivity (Wildman–Crippen MR) is 87.8 cm³/mol. The Balaban J connectivity index is 2.26. The van der Waals surface area contributed by atoms with Crippen LogP contribution in [0.25, 0.3) is 0 Å². The van der Waals surface area contributed by atoms with Crippen molar-refractivity contribution in [2.24, 2.45) is 0 Å². The van der Waals surface area contributed by atoms with Crippen LogP contribution in [0.1, 0.15) is 47.1 Å². The van der Waals surface area contributed by atoms with Crippen molar-refractivity contribution in [2.75, 3.05) is 5.32 Å². The van der Waals surface area contributed by atoms with E-state index >= 15 is 0 Å². The molecular weight excluding hydrogens is 294 g/mol. The van der Waals surface area contributed by atoms with E-state index in [1.165, 1.54) is 0 Å². The summed E-state index contributed by atoms with van der Waals surface area (Å²) < 4.78 is 1.78. The SMILES string of the molecule is CCn1nc(C)c(C(=O)Nc2cccc(C(C)C(=O)O)c2)c1C. The number of nitrogens with zero attached hydrogens (tertiary/aromatic N) is 2. The fraction of sp³-hybridized carbons (Fsp3) is 0.353. The first-order valence-corrected chi connectivity index (χ1v) is 7.53. The Labute approximate surface area is 135 Å². The molecule has 0 fully saturated rings. The molecule has 0 spiro atoms. The van der Waals surface area contributed by atoms with Crippen LogP contribution in [0.4, 0.5) is 5.69 Å². The van der Waals surface area contributed by atoms with Crippen LogP contribution in [0.5, 0.6) is 0 Å². The van der Waals surface area contributed by atoms with Gasteiger partial charge in [0.15, 0.2) is 0 Å². The summed E-state index contributed by atoms with van der Waals surface area (Å²) in [5.41, 5.74) is 3.27. The Kier molecular flexibility index (Phi) is 4.83. The van der Waals surface area contributed by atoms with Gasteiger partial charge in [0.1, 0.15) is 0 Å². The summed E-state index contributed by atoms with van der Waals surface area (Å²) in [6.07, 6.45) is 0. The summed E-state index contributed by atoms with van der Waals surface area (Å²) in [6, 6.07) is 6.90. The molecular formula is C17H21N3O3. The lowest BCUT2D eigenvalue weighted by atomic mass is 10.0. The molecule has 1 unspecified atom stereocenters. The van der Waals surface area contributed by atoms with Crippen LogP contribution in [0.2, 0.25) is 0 Å². The number of aliphatic carboxylic acids is 1. The van der Waals surface area contributed by atoms with Gasteiger partial charge in [-0.3, -0.25) is 14.3 Å². The van der Waals surface area contributed by atoms with Gasteiger partial charge in [-0.25, -0.2) is 0 Å². The van der Waals surface area contributed by atoms with Crippen molar-refractivity contribution in [3.8, 4) is 0 Å². The predicted octanol–water partition coefficient (Wildman–Crippen LogP) is 2.96. The average Bonchev–Trinajstić information content (AvgIpc) is 2.80. The third-order valence-corrected chi connectivity index (χ3v) is 3.92. The van der Waals surface area contributed by atoms with Gasteiger partial charge in [0, 0.05) is 17.9 Å². The van der Waals surface area contributed by atoms with Crippen LogP contribution in [0.15, 0.2) is 24.3 Å². The van der Waals surface area contributed by atoms with Crippen molar-refractivity contribution >= 4 is 17.6 Å². The number of rotatable bonds is 5. The number of amides is 1. The zero-order valence-corrected chi connectivity index (χ0v) is 13.8. The molecule has 1 amide bonds. The van der Waals surface area contributed by atoms with Crippen LogP contribution in [0, 0.1) is 13.8 Å². The summed E-state index contributed by atoms with van der Waals surface area (Å²) in [5, 5.41) is 16.3. The van der Waals surface area contributed by atoms with E-state index in [0.29, 0.717) is 29.1 Å². The van der Waals surface area contributed by atoms with E-state index < -0.39 is 11.9 Å². The maximum atomic E-state index is 12.5.